The largest absolute Gasteiger partial charge is 0.376 e. The lowest BCUT2D eigenvalue weighted by Crippen LogP contribution is -2.14. The molecule has 18 heavy (non-hydrogen) atoms. The van der Waals surface area contributed by atoms with Crippen molar-refractivity contribution in [2.75, 3.05) is 19.7 Å². The summed E-state index contributed by atoms with van der Waals surface area (Å²) < 4.78 is 5.55. The number of hydrogen-bond acceptors (Lipinski definition) is 4. The summed E-state index contributed by atoms with van der Waals surface area (Å²) in [5.74, 6) is 0.503. The molecule has 1 fully saturated rings. The smallest absolute Gasteiger partial charge is 0.275 e. The molecule has 98 valence electrons. The molecule has 0 amide bonds. The van der Waals surface area contributed by atoms with Gasteiger partial charge in [-0.3, -0.25) is 10.1 Å². The minimum Gasteiger partial charge on any atom is -0.376 e. The molecule has 0 spiro atoms. The van der Waals surface area contributed by atoms with Gasteiger partial charge in [-0.1, -0.05) is 11.6 Å². The Labute approximate surface area is 110 Å². The van der Waals surface area contributed by atoms with Gasteiger partial charge >= 0.3 is 0 Å². The van der Waals surface area contributed by atoms with Crippen molar-refractivity contribution in [2.24, 2.45) is 5.92 Å². The molecule has 5 nitrogen and oxygen atoms in total. The number of ether oxygens (including phenoxy) is 1. The van der Waals surface area contributed by atoms with Gasteiger partial charge in [0.1, 0.15) is 0 Å². The first kappa shape index (κ1) is 13.3. The van der Waals surface area contributed by atoms with Crippen molar-refractivity contribution in [2.45, 2.75) is 13.0 Å². The highest BCUT2D eigenvalue weighted by Crippen LogP contribution is 2.23. The fourth-order valence-electron chi connectivity index (χ4n) is 2.04. The Morgan fingerprint density at radius 1 is 1.56 bits per heavy atom. The number of nitrogens with zero attached hydrogens (tertiary/aromatic N) is 1. The lowest BCUT2D eigenvalue weighted by Gasteiger charge is -2.09. The SMILES string of the molecule is O=[N+]([O-])c1ccc(Cl)cc1COCC1CCNC1. The summed E-state index contributed by atoms with van der Waals surface area (Å²) >= 11 is 5.84. The predicted octanol–water partition coefficient (Wildman–Crippen LogP) is 2.37. The van der Waals surface area contributed by atoms with E-state index < -0.39 is 4.92 Å². The average molecular weight is 271 g/mol. The molecule has 1 aromatic carbocycles. The molecule has 6 heteroatoms. The highest BCUT2D eigenvalue weighted by atomic mass is 35.5. The molecular weight excluding hydrogens is 256 g/mol. The Bertz CT molecular complexity index is 433. The third-order valence-corrected chi connectivity index (χ3v) is 3.25. The summed E-state index contributed by atoms with van der Waals surface area (Å²) in [7, 11) is 0. The van der Waals surface area contributed by atoms with Crippen molar-refractivity contribution in [3.8, 4) is 0 Å². The second-order valence-electron chi connectivity index (χ2n) is 4.40. The van der Waals surface area contributed by atoms with E-state index in [1.807, 2.05) is 0 Å². The van der Waals surface area contributed by atoms with Gasteiger partial charge in [-0.2, -0.15) is 0 Å². The van der Waals surface area contributed by atoms with E-state index >= 15 is 0 Å². The Morgan fingerprint density at radius 2 is 2.39 bits per heavy atom. The summed E-state index contributed by atoms with van der Waals surface area (Å²) in [5, 5.41) is 14.6. The molecule has 0 aromatic heterocycles. The van der Waals surface area contributed by atoms with Gasteiger partial charge in [0.05, 0.1) is 23.7 Å². The van der Waals surface area contributed by atoms with E-state index in [0.29, 0.717) is 23.1 Å². The van der Waals surface area contributed by atoms with Gasteiger partial charge in [0.2, 0.25) is 0 Å². The van der Waals surface area contributed by atoms with Gasteiger partial charge in [-0.15, -0.1) is 0 Å². The number of nitro benzene ring substituents is 1. The first-order valence-electron chi connectivity index (χ1n) is 5.88. The average Bonchev–Trinajstić information content (AvgIpc) is 2.82. The van der Waals surface area contributed by atoms with Crippen LogP contribution in [0.3, 0.4) is 0 Å². The van der Waals surface area contributed by atoms with Gasteiger partial charge < -0.3 is 10.1 Å². The zero-order valence-electron chi connectivity index (χ0n) is 9.89. The van der Waals surface area contributed by atoms with Gasteiger partial charge in [0, 0.05) is 17.6 Å². The molecule has 1 atom stereocenters. The minimum atomic E-state index is -0.411. The third kappa shape index (κ3) is 3.41. The third-order valence-electron chi connectivity index (χ3n) is 3.01. The van der Waals surface area contributed by atoms with Gasteiger partial charge in [-0.25, -0.2) is 0 Å². The molecule has 1 aliphatic heterocycles. The monoisotopic (exact) mass is 270 g/mol. The molecule has 0 aliphatic carbocycles. The Balaban J connectivity index is 1.94. The van der Waals surface area contributed by atoms with Crippen LogP contribution in [-0.2, 0) is 11.3 Å². The van der Waals surface area contributed by atoms with Crippen molar-refractivity contribution < 1.29 is 9.66 Å². The zero-order chi connectivity index (χ0) is 13.0. The van der Waals surface area contributed by atoms with Crippen molar-refractivity contribution in [3.63, 3.8) is 0 Å². The molecule has 0 saturated carbocycles. The summed E-state index contributed by atoms with van der Waals surface area (Å²) in [4.78, 5) is 10.4. The number of hydrogen-bond donors (Lipinski definition) is 1. The molecule has 1 heterocycles. The first-order valence-corrected chi connectivity index (χ1v) is 6.26. The maximum atomic E-state index is 10.8. The van der Waals surface area contributed by atoms with E-state index in [1.165, 1.54) is 12.1 Å². The van der Waals surface area contributed by atoms with Crippen LogP contribution in [0.1, 0.15) is 12.0 Å². The number of nitro groups is 1. The highest BCUT2D eigenvalue weighted by Gasteiger charge is 2.17. The van der Waals surface area contributed by atoms with E-state index in [-0.39, 0.29) is 12.3 Å². The van der Waals surface area contributed by atoms with Gasteiger partial charge in [0.25, 0.3) is 5.69 Å². The maximum absolute atomic E-state index is 10.8. The number of rotatable bonds is 5. The number of halogens is 1. The fraction of sp³-hybridized carbons (Fsp3) is 0.500. The standard InChI is InChI=1S/C12H15ClN2O3/c13-11-1-2-12(15(16)17)10(5-11)8-18-7-9-3-4-14-6-9/h1-2,5,9,14H,3-4,6-8H2. The summed E-state index contributed by atoms with van der Waals surface area (Å²) in [5.41, 5.74) is 0.586. The van der Waals surface area contributed by atoms with E-state index in [2.05, 4.69) is 5.32 Å². The molecule has 1 N–H and O–H groups in total. The van der Waals surface area contributed by atoms with Crippen molar-refractivity contribution in [1.29, 1.82) is 0 Å². The van der Waals surface area contributed by atoms with Crippen molar-refractivity contribution in [3.05, 3.63) is 38.9 Å². The fourth-order valence-corrected chi connectivity index (χ4v) is 2.23. The molecule has 1 unspecified atom stereocenters. The second kappa shape index (κ2) is 6.13. The first-order chi connectivity index (χ1) is 8.66. The van der Waals surface area contributed by atoms with Gasteiger partial charge in [-0.05, 0) is 31.0 Å². The molecule has 2 rings (SSSR count). The molecule has 0 radical (unpaired) electrons. The van der Waals surface area contributed by atoms with Crippen molar-refractivity contribution >= 4 is 17.3 Å². The normalized spacial score (nSPS) is 19.1. The minimum absolute atomic E-state index is 0.0592. The lowest BCUT2D eigenvalue weighted by molar-refractivity contribution is -0.386. The highest BCUT2D eigenvalue weighted by molar-refractivity contribution is 6.30. The van der Waals surface area contributed by atoms with E-state index in [1.54, 1.807) is 6.07 Å². The van der Waals surface area contributed by atoms with Gasteiger partial charge in [0.15, 0.2) is 0 Å². The maximum Gasteiger partial charge on any atom is 0.275 e. The molecule has 1 aliphatic rings. The Kier molecular flexibility index (Phi) is 4.52. The second-order valence-corrected chi connectivity index (χ2v) is 4.84. The van der Waals surface area contributed by atoms with Crippen LogP contribution >= 0.6 is 11.6 Å². The predicted molar refractivity (Wildman–Crippen MR) is 68.7 cm³/mol. The van der Waals surface area contributed by atoms with Crippen LogP contribution in [0.25, 0.3) is 0 Å². The van der Waals surface area contributed by atoms with Crippen LogP contribution in [0.4, 0.5) is 5.69 Å². The van der Waals surface area contributed by atoms with Crippen LogP contribution in [-0.4, -0.2) is 24.6 Å². The van der Waals surface area contributed by atoms with E-state index in [4.69, 9.17) is 16.3 Å². The Morgan fingerprint density at radius 3 is 3.06 bits per heavy atom. The van der Waals surface area contributed by atoms with Crippen LogP contribution in [0, 0.1) is 16.0 Å². The molecular formula is C12H15ClN2O3. The molecule has 0 bridgehead atoms. The van der Waals surface area contributed by atoms with Crippen LogP contribution in [0.5, 0.6) is 0 Å². The zero-order valence-corrected chi connectivity index (χ0v) is 10.7. The topological polar surface area (TPSA) is 64.4 Å². The van der Waals surface area contributed by atoms with Crippen LogP contribution in [0.2, 0.25) is 5.02 Å². The lowest BCUT2D eigenvalue weighted by atomic mass is 10.1. The van der Waals surface area contributed by atoms with Crippen molar-refractivity contribution in [1.82, 2.24) is 5.32 Å². The number of nitrogens with one attached hydrogen (secondary N) is 1. The van der Waals surface area contributed by atoms with Crippen LogP contribution in [0.15, 0.2) is 18.2 Å². The van der Waals surface area contributed by atoms with E-state index in [0.717, 1.165) is 19.5 Å². The summed E-state index contributed by atoms with van der Waals surface area (Å²) in [6.07, 6.45) is 1.09. The molecule has 1 aromatic rings. The molecule has 1 saturated heterocycles. The Hall–Kier alpha value is -1.17. The van der Waals surface area contributed by atoms with Crippen LogP contribution < -0.4 is 5.32 Å². The van der Waals surface area contributed by atoms with E-state index in [9.17, 15) is 10.1 Å². The summed E-state index contributed by atoms with van der Waals surface area (Å²) in [6, 6.07) is 4.52. The quantitative estimate of drug-likeness (QED) is 0.659. The number of benzene rings is 1. The summed E-state index contributed by atoms with van der Waals surface area (Å²) in [6.45, 7) is 2.83.